The molecule has 1 N–H and O–H groups in total. The van der Waals surface area contributed by atoms with E-state index in [4.69, 9.17) is 0 Å². The van der Waals surface area contributed by atoms with Gasteiger partial charge in [-0.15, -0.1) is 0 Å². The molecule has 2 nitrogen and oxygen atoms in total. The lowest BCUT2D eigenvalue weighted by molar-refractivity contribution is 0.199. The van der Waals surface area contributed by atoms with Gasteiger partial charge in [-0.3, -0.25) is 0 Å². The fourth-order valence-corrected chi connectivity index (χ4v) is 4.81. The number of nitrogens with one attached hydrogen (secondary N) is 1. The standard InChI is InChI=1S/C14H26N2S/c1-17-13-4-2-3-12(9-13)15-14-6-8-16-7-5-11(14)10-16/h11-15H,2-10H2,1H3. The second kappa shape index (κ2) is 5.50. The normalized spacial score (nSPS) is 46.1. The van der Waals surface area contributed by atoms with Gasteiger partial charge >= 0.3 is 0 Å². The Bertz CT molecular complexity index is 259. The van der Waals surface area contributed by atoms with Crippen LogP contribution >= 0.6 is 11.8 Å². The van der Waals surface area contributed by atoms with Crippen molar-refractivity contribution in [2.45, 2.75) is 55.9 Å². The molecule has 0 spiro atoms. The zero-order valence-corrected chi connectivity index (χ0v) is 11.8. The Kier molecular flexibility index (Phi) is 3.98. The van der Waals surface area contributed by atoms with E-state index in [0.29, 0.717) is 0 Å². The van der Waals surface area contributed by atoms with Gasteiger partial charge in [-0.05, 0) is 57.4 Å². The maximum Gasteiger partial charge on any atom is 0.0123 e. The quantitative estimate of drug-likeness (QED) is 0.832. The third-order valence-corrected chi connectivity index (χ3v) is 6.14. The Balaban J connectivity index is 1.52. The van der Waals surface area contributed by atoms with Gasteiger partial charge in [0.25, 0.3) is 0 Å². The predicted molar refractivity (Wildman–Crippen MR) is 75.6 cm³/mol. The van der Waals surface area contributed by atoms with Crippen molar-refractivity contribution in [3.63, 3.8) is 0 Å². The van der Waals surface area contributed by atoms with Crippen LogP contribution in [-0.2, 0) is 0 Å². The summed E-state index contributed by atoms with van der Waals surface area (Å²) in [4.78, 5) is 2.65. The number of hydrogen-bond donors (Lipinski definition) is 1. The zero-order valence-electron chi connectivity index (χ0n) is 11.0. The van der Waals surface area contributed by atoms with E-state index < -0.39 is 0 Å². The van der Waals surface area contributed by atoms with Crippen LogP contribution in [0.2, 0.25) is 0 Å². The van der Waals surface area contributed by atoms with Gasteiger partial charge in [0.15, 0.2) is 0 Å². The lowest BCUT2D eigenvalue weighted by Crippen LogP contribution is -2.49. The molecule has 17 heavy (non-hydrogen) atoms. The SMILES string of the molecule is CSC1CCCC(NC2CCN3CCC2C3)C1. The molecule has 2 saturated heterocycles. The maximum absolute atomic E-state index is 4.01. The average Bonchev–Trinajstić information content (AvgIpc) is 2.76. The second-order valence-corrected chi connectivity index (χ2v) is 7.27. The Hall–Kier alpha value is 0.270. The molecular formula is C14H26N2S. The third kappa shape index (κ3) is 2.82. The van der Waals surface area contributed by atoms with Crippen molar-refractivity contribution in [1.82, 2.24) is 10.2 Å². The van der Waals surface area contributed by atoms with E-state index >= 15 is 0 Å². The Morgan fingerprint density at radius 2 is 2.00 bits per heavy atom. The lowest BCUT2D eigenvalue weighted by Gasteiger charge is -2.37. The highest BCUT2D eigenvalue weighted by atomic mass is 32.2. The van der Waals surface area contributed by atoms with Crippen molar-refractivity contribution >= 4 is 11.8 Å². The molecule has 0 radical (unpaired) electrons. The molecule has 3 fully saturated rings. The second-order valence-electron chi connectivity index (χ2n) is 6.13. The number of rotatable bonds is 3. The van der Waals surface area contributed by atoms with E-state index in [9.17, 15) is 0 Å². The molecule has 5 atom stereocenters. The Morgan fingerprint density at radius 1 is 1.12 bits per heavy atom. The van der Waals surface area contributed by atoms with Crippen LogP contribution in [0, 0.1) is 5.92 Å². The summed E-state index contributed by atoms with van der Waals surface area (Å²) >= 11 is 2.08. The highest BCUT2D eigenvalue weighted by Gasteiger charge is 2.35. The van der Waals surface area contributed by atoms with Gasteiger partial charge in [0.2, 0.25) is 0 Å². The van der Waals surface area contributed by atoms with E-state index in [0.717, 1.165) is 23.3 Å². The largest absolute Gasteiger partial charge is 0.311 e. The first-order valence-electron chi connectivity index (χ1n) is 7.36. The van der Waals surface area contributed by atoms with Gasteiger partial charge in [-0.1, -0.05) is 6.42 Å². The maximum atomic E-state index is 4.01. The van der Waals surface area contributed by atoms with E-state index in [-0.39, 0.29) is 0 Å². The van der Waals surface area contributed by atoms with Crippen LogP contribution in [0.3, 0.4) is 0 Å². The molecule has 0 amide bonds. The first-order valence-corrected chi connectivity index (χ1v) is 8.65. The molecule has 98 valence electrons. The molecular weight excluding hydrogens is 228 g/mol. The van der Waals surface area contributed by atoms with E-state index in [1.165, 1.54) is 58.2 Å². The number of hydrogen-bond acceptors (Lipinski definition) is 3. The van der Waals surface area contributed by atoms with Gasteiger partial charge in [-0.2, -0.15) is 11.8 Å². The molecule has 3 aliphatic rings. The average molecular weight is 254 g/mol. The van der Waals surface area contributed by atoms with Crippen molar-refractivity contribution < 1.29 is 0 Å². The third-order valence-electron chi connectivity index (χ3n) is 5.04. The van der Waals surface area contributed by atoms with Crippen molar-refractivity contribution in [3.05, 3.63) is 0 Å². The first-order chi connectivity index (χ1) is 8.35. The van der Waals surface area contributed by atoms with Crippen molar-refractivity contribution in [2.75, 3.05) is 25.9 Å². The first kappa shape index (κ1) is 12.3. The molecule has 1 saturated carbocycles. The minimum atomic E-state index is 0.818. The minimum absolute atomic E-state index is 0.818. The summed E-state index contributed by atoms with van der Waals surface area (Å²) in [6.07, 6.45) is 10.8. The number of thioether (sulfide) groups is 1. The fraction of sp³-hybridized carbons (Fsp3) is 1.00. The minimum Gasteiger partial charge on any atom is -0.311 e. The van der Waals surface area contributed by atoms with Gasteiger partial charge in [-0.25, -0.2) is 0 Å². The highest BCUT2D eigenvalue weighted by Crippen LogP contribution is 2.31. The summed E-state index contributed by atoms with van der Waals surface area (Å²) in [7, 11) is 0. The van der Waals surface area contributed by atoms with Crippen LogP contribution < -0.4 is 5.32 Å². The summed E-state index contributed by atoms with van der Waals surface area (Å²) in [6, 6.07) is 1.65. The van der Waals surface area contributed by atoms with Gasteiger partial charge in [0.1, 0.15) is 0 Å². The van der Waals surface area contributed by atoms with Gasteiger partial charge in [0.05, 0.1) is 0 Å². The van der Waals surface area contributed by atoms with Crippen molar-refractivity contribution in [2.24, 2.45) is 5.92 Å². The summed E-state index contributed by atoms with van der Waals surface area (Å²) in [6.45, 7) is 4.07. The zero-order chi connectivity index (χ0) is 11.7. The monoisotopic (exact) mass is 254 g/mol. The van der Waals surface area contributed by atoms with Crippen LogP contribution in [0.25, 0.3) is 0 Å². The number of nitrogens with zero attached hydrogens (tertiary/aromatic N) is 1. The van der Waals surface area contributed by atoms with Crippen molar-refractivity contribution in [3.8, 4) is 0 Å². The molecule has 0 aromatic carbocycles. The van der Waals surface area contributed by atoms with Gasteiger partial charge < -0.3 is 10.2 Å². The summed E-state index contributed by atoms with van der Waals surface area (Å²) in [5.41, 5.74) is 0. The predicted octanol–water partition coefficient (Wildman–Crippen LogP) is 2.34. The molecule has 0 aromatic rings. The van der Waals surface area contributed by atoms with E-state index in [2.05, 4.69) is 28.2 Å². The summed E-state index contributed by atoms with van der Waals surface area (Å²) in [5.74, 6) is 0.957. The summed E-state index contributed by atoms with van der Waals surface area (Å²) < 4.78 is 0. The molecule has 3 rings (SSSR count). The molecule has 2 bridgehead atoms. The van der Waals surface area contributed by atoms with Crippen LogP contribution in [0.15, 0.2) is 0 Å². The molecule has 3 heteroatoms. The number of fused-ring (bicyclic) bond motifs is 2. The smallest absolute Gasteiger partial charge is 0.0123 e. The van der Waals surface area contributed by atoms with E-state index in [1.807, 2.05) is 0 Å². The molecule has 2 heterocycles. The molecule has 2 aliphatic heterocycles. The van der Waals surface area contributed by atoms with Gasteiger partial charge in [0, 0.05) is 23.9 Å². The summed E-state index contributed by atoms with van der Waals surface area (Å²) in [5, 5.41) is 4.93. The van der Waals surface area contributed by atoms with Crippen LogP contribution in [0.4, 0.5) is 0 Å². The van der Waals surface area contributed by atoms with Crippen LogP contribution in [-0.4, -0.2) is 48.1 Å². The van der Waals surface area contributed by atoms with Crippen LogP contribution in [0.5, 0.6) is 0 Å². The Labute approximate surface area is 110 Å². The highest BCUT2D eigenvalue weighted by molar-refractivity contribution is 7.99. The van der Waals surface area contributed by atoms with Crippen LogP contribution in [0.1, 0.15) is 38.5 Å². The fourth-order valence-electron chi connectivity index (χ4n) is 3.98. The topological polar surface area (TPSA) is 15.3 Å². The molecule has 5 unspecified atom stereocenters. The molecule has 1 aliphatic carbocycles. The lowest BCUT2D eigenvalue weighted by atomic mass is 9.89. The van der Waals surface area contributed by atoms with Crippen molar-refractivity contribution in [1.29, 1.82) is 0 Å². The Morgan fingerprint density at radius 3 is 2.88 bits per heavy atom. The molecule has 0 aromatic heterocycles. The number of piperidine rings is 1. The van der Waals surface area contributed by atoms with E-state index in [1.54, 1.807) is 0 Å².